The van der Waals surface area contributed by atoms with Gasteiger partial charge in [-0.1, -0.05) is 20.3 Å². The molecule has 2 aromatic heterocycles. The molecule has 0 saturated heterocycles. The normalized spacial score (nSPS) is 22.0. The van der Waals surface area contributed by atoms with Gasteiger partial charge in [-0.25, -0.2) is 9.50 Å². The summed E-state index contributed by atoms with van der Waals surface area (Å²) < 4.78 is 1.80. The van der Waals surface area contributed by atoms with Crippen molar-refractivity contribution in [2.75, 3.05) is 5.32 Å². The Bertz CT molecular complexity index is 665. The predicted octanol–water partition coefficient (Wildman–Crippen LogP) is 2.52. The van der Waals surface area contributed by atoms with Crippen molar-refractivity contribution in [2.24, 2.45) is 5.92 Å². The first-order chi connectivity index (χ1) is 10.1. The van der Waals surface area contributed by atoms with Crippen LogP contribution in [0.5, 0.6) is 0 Å². The number of nitrogens with zero attached hydrogens (tertiary/aromatic N) is 3. The molecule has 6 heteroatoms. The maximum Gasteiger partial charge on any atom is 0.308 e. The molecule has 0 spiro atoms. The highest BCUT2D eigenvalue weighted by molar-refractivity contribution is 5.74. The van der Waals surface area contributed by atoms with Gasteiger partial charge in [0.15, 0.2) is 5.82 Å². The molecule has 21 heavy (non-hydrogen) atoms. The molecule has 0 aliphatic heterocycles. The van der Waals surface area contributed by atoms with E-state index in [1.165, 1.54) is 0 Å². The number of nitrogens with one attached hydrogen (secondary N) is 1. The van der Waals surface area contributed by atoms with Gasteiger partial charge in [0.25, 0.3) is 0 Å². The van der Waals surface area contributed by atoms with Gasteiger partial charge in [-0.2, -0.15) is 5.10 Å². The molecule has 3 rings (SSSR count). The molecular weight excluding hydrogens is 268 g/mol. The van der Waals surface area contributed by atoms with Gasteiger partial charge in [-0.05, 0) is 24.8 Å². The first-order valence-corrected chi connectivity index (χ1v) is 7.40. The Kier molecular flexibility index (Phi) is 3.53. The third-order valence-corrected chi connectivity index (χ3v) is 4.16. The second kappa shape index (κ2) is 5.35. The van der Waals surface area contributed by atoms with Gasteiger partial charge in [0.2, 0.25) is 0 Å². The van der Waals surface area contributed by atoms with E-state index in [2.05, 4.69) is 29.2 Å². The Morgan fingerprint density at radius 1 is 1.48 bits per heavy atom. The predicted molar refractivity (Wildman–Crippen MR) is 79.5 cm³/mol. The van der Waals surface area contributed by atoms with Crippen LogP contribution in [0.25, 0.3) is 5.52 Å². The third-order valence-electron chi connectivity index (χ3n) is 4.16. The Balaban J connectivity index is 1.91. The molecule has 1 fully saturated rings. The second-order valence-electron chi connectivity index (χ2n) is 5.96. The van der Waals surface area contributed by atoms with Crippen LogP contribution in [0.15, 0.2) is 18.5 Å². The first-order valence-electron chi connectivity index (χ1n) is 7.40. The van der Waals surface area contributed by atoms with Crippen molar-refractivity contribution < 1.29 is 9.90 Å². The highest BCUT2D eigenvalue weighted by Gasteiger charge is 2.33. The van der Waals surface area contributed by atoms with Crippen LogP contribution in [0, 0.1) is 5.92 Å². The molecule has 112 valence electrons. The fourth-order valence-corrected chi connectivity index (χ4v) is 2.94. The molecular formula is C15H20N4O2. The number of hydrogen-bond donors (Lipinski definition) is 2. The maximum atomic E-state index is 11.3. The zero-order valence-electron chi connectivity index (χ0n) is 12.3. The lowest BCUT2D eigenvalue weighted by atomic mass is 10.0. The van der Waals surface area contributed by atoms with Gasteiger partial charge in [0, 0.05) is 18.4 Å². The minimum Gasteiger partial charge on any atom is -0.481 e. The van der Waals surface area contributed by atoms with Gasteiger partial charge in [0.1, 0.15) is 5.52 Å². The summed E-state index contributed by atoms with van der Waals surface area (Å²) in [4.78, 5) is 15.7. The van der Waals surface area contributed by atoms with Crippen molar-refractivity contribution in [3.05, 3.63) is 24.2 Å². The molecule has 1 saturated carbocycles. The van der Waals surface area contributed by atoms with Crippen molar-refractivity contribution in [2.45, 2.75) is 45.1 Å². The fraction of sp³-hybridized carbons (Fsp3) is 0.533. The smallest absolute Gasteiger partial charge is 0.308 e. The molecule has 0 amide bonds. The molecule has 2 unspecified atom stereocenters. The SMILES string of the molecule is CC(C)c1cc2c(NC3CCCC3C(=O)O)nccn2n1. The molecule has 6 nitrogen and oxygen atoms in total. The zero-order valence-corrected chi connectivity index (χ0v) is 12.3. The average molecular weight is 288 g/mol. The van der Waals surface area contributed by atoms with Crippen molar-refractivity contribution in [1.82, 2.24) is 14.6 Å². The Morgan fingerprint density at radius 2 is 2.29 bits per heavy atom. The molecule has 2 aromatic rings. The van der Waals surface area contributed by atoms with Crippen molar-refractivity contribution in [1.29, 1.82) is 0 Å². The van der Waals surface area contributed by atoms with E-state index >= 15 is 0 Å². The van der Waals surface area contributed by atoms with Crippen LogP contribution in [0.1, 0.15) is 44.7 Å². The van der Waals surface area contributed by atoms with Crippen LogP contribution in [-0.4, -0.2) is 31.7 Å². The van der Waals surface area contributed by atoms with Crippen LogP contribution in [0.2, 0.25) is 0 Å². The summed E-state index contributed by atoms with van der Waals surface area (Å²) in [6.45, 7) is 4.19. The standard InChI is InChI=1S/C15H20N4O2/c1-9(2)12-8-13-14(16-6-7-19(13)18-12)17-11-5-3-4-10(11)15(20)21/h6-11H,3-5H2,1-2H3,(H,16,17)(H,20,21). The zero-order chi connectivity index (χ0) is 15.0. The van der Waals surface area contributed by atoms with Crippen LogP contribution >= 0.6 is 0 Å². The van der Waals surface area contributed by atoms with Gasteiger partial charge in [-0.3, -0.25) is 4.79 Å². The molecule has 0 radical (unpaired) electrons. The van der Waals surface area contributed by atoms with E-state index in [4.69, 9.17) is 0 Å². The number of carbonyl (C=O) groups is 1. The number of rotatable bonds is 4. The van der Waals surface area contributed by atoms with E-state index in [1.54, 1.807) is 10.7 Å². The summed E-state index contributed by atoms with van der Waals surface area (Å²) in [5.74, 6) is -0.000996. The molecule has 0 aromatic carbocycles. The summed E-state index contributed by atoms with van der Waals surface area (Å²) in [6, 6.07) is 1.96. The average Bonchev–Trinajstić information content (AvgIpc) is 3.04. The van der Waals surface area contributed by atoms with Crippen LogP contribution < -0.4 is 5.32 Å². The van der Waals surface area contributed by atoms with Gasteiger partial charge < -0.3 is 10.4 Å². The van der Waals surface area contributed by atoms with Crippen LogP contribution in [0.3, 0.4) is 0 Å². The topological polar surface area (TPSA) is 79.5 Å². The Morgan fingerprint density at radius 3 is 3.00 bits per heavy atom. The Labute approximate surface area is 123 Å². The summed E-state index contributed by atoms with van der Waals surface area (Å²) in [7, 11) is 0. The summed E-state index contributed by atoms with van der Waals surface area (Å²) in [6.07, 6.45) is 6.04. The van der Waals surface area contributed by atoms with E-state index in [0.717, 1.165) is 36.3 Å². The number of carboxylic acid groups (broad SMARTS) is 1. The number of anilines is 1. The highest BCUT2D eigenvalue weighted by Crippen LogP contribution is 2.30. The van der Waals surface area contributed by atoms with Crippen molar-refractivity contribution in [3.63, 3.8) is 0 Å². The first kappa shape index (κ1) is 13.9. The second-order valence-corrected chi connectivity index (χ2v) is 5.96. The minimum atomic E-state index is -0.728. The van der Waals surface area contributed by atoms with Crippen molar-refractivity contribution in [3.8, 4) is 0 Å². The van der Waals surface area contributed by atoms with Gasteiger partial charge in [-0.15, -0.1) is 0 Å². The van der Waals surface area contributed by atoms with E-state index in [-0.39, 0.29) is 12.0 Å². The van der Waals surface area contributed by atoms with Crippen LogP contribution in [-0.2, 0) is 4.79 Å². The summed E-state index contributed by atoms with van der Waals surface area (Å²) in [5, 5.41) is 17.1. The molecule has 0 bridgehead atoms. The quantitative estimate of drug-likeness (QED) is 0.903. The number of aromatic nitrogens is 3. The third kappa shape index (κ3) is 2.57. The van der Waals surface area contributed by atoms with E-state index in [1.807, 2.05) is 12.3 Å². The van der Waals surface area contributed by atoms with E-state index in [9.17, 15) is 9.90 Å². The Hall–Kier alpha value is -2.11. The van der Waals surface area contributed by atoms with E-state index in [0.29, 0.717) is 5.92 Å². The van der Waals surface area contributed by atoms with Gasteiger partial charge >= 0.3 is 5.97 Å². The summed E-state index contributed by atoms with van der Waals surface area (Å²) in [5.41, 5.74) is 1.91. The maximum absolute atomic E-state index is 11.3. The molecule has 1 aliphatic carbocycles. The fourth-order valence-electron chi connectivity index (χ4n) is 2.94. The molecule has 2 heterocycles. The lowest BCUT2D eigenvalue weighted by molar-refractivity contribution is -0.141. The number of aliphatic carboxylic acids is 1. The lowest BCUT2D eigenvalue weighted by Crippen LogP contribution is -2.30. The lowest BCUT2D eigenvalue weighted by Gasteiger charge is -2.18. The minimum absolute atomic E-state index is 0.0569. The number of fused-ring (bicyclic) bond motifs is 1. The largest absolute Gasteiger partial charge is 0.481 e. The number of hydrogen-bond acceptors (Lipinski definition) is 4. The molecule has 1 aliphatic rings. The van der Waals surface area contributed by atoms with Crippen LogP contribution in [0.4, 0.5) is 5.82 Å². The molecule has 2 atom stereocenters. The monoisotopic (exact) mass is 288 g/mol. The number of carboxylic acids is 1. The highest BCUT2D eigenvalue weighted by atomic mass is 16.4. The van der Waals surface area contributed by atoms with E-state index < -0.39 is 5.97 Å². The summed E-state index contributed by atoms with van der Waals surface area (Å²) >= 11 is 0. The van der Waals surface area contributed by atoms with Crippen molar-refractivity contribution >= 4 is 17.3 Å². The molecule has 2 N–H and O–H groups in total. The van der Waals surface area contributed by atoms with Gasteiger partial charge in [0.05, 0.1) is 11.6 Å².